The fourth-order valence-corrected chi connectivity index (χ4v) is 3.24. The lowest BCUT2D eigenvalue weighted by molar-refractivity contribution is -0.140. The molecule has 1 aromatic heterocycles. The van der Waals surface area contributed by atoms with E-state index in [0.717, 1.165) is 4.47 Å². The number of nitrogens with zero attached hydrogens (tertiary/aromatic N) is 1. The Labute approximate surface area is 153 Å². The van der Waals surface area contributed by atoms with Gasteiger partial charge in [0, 0.05) is 16.6 Å². The second-order valence-corrected chi connectivity index (χ2v) is 6.63. The Morgan fingerprint density at radius 3 is 2.88 bits per heavy atom. The largest absolute Gasteiger partial charge is 0.465 e. The van der Waals surface area contributed by atoms with E-state index in [9.17, 15) is 14.7 Å². The van der Waals surface area contributed by atoms with Crippen molar-refractivity contribution in [2.75, 3.05) is 11.4 Å². The SMILES string of the molecule is C=CCN1C(=O)C(O)(CC(=O)/C=C/c2ccco2)c2cc(Br)ccc21. The molecule has 1 N–H and O–H groups in total. The standard InChI is InChI=1S/C19H16BrNO4/c1-2-9-21-17-8-5-13(20)11-16(17)19(24,18(21)23)12-14(22)6-7-15-4-3-10-25-15/h2-8,10-11,24H,1,9,12H2/b7-6+. The summed E-state index contributed by atoms with van der Waals surface area (Å²) in [6.45, 7) is 3.90. The number of amides is 1. The third-order valence-corrected chi connectivity index (χ3v) is 4.51. The molecule has 0 saturated carbocycles. The molecule has 0 saturated heterocycles. The second-order valence-electron chi connectivity index (χ2n) is 5.72. The van der Waals surface area contributed by atoms with Gasteiger partial charge in [0.25, 0.3) is 5.91 Å². The van der Waals surface area contributed by atoms with E-state index < -0.39 is 11.5 Å². The number of hydrogen-bond donors (Lipinski definition) is 1. The van der Waals surface area contributed by atoms with E-state index in [2.05, 4.69) is 22.5 Å². The van der Waals surface area contributed by atoms with Crippen molar-refractivity contribution in [2.24, 2.45) is 0 Å². The van der Waals surface area contributed by atoms with Gasteiger partial charge in [0.15, 0.2) is 11.4 Å². The number of hydrogen-bond acceptors (Lipinski definition) is 4. The van der Waals surface area contributed by atoms with Gasteiger partial charge in [0.2, 0.25) is 0 Å². The second kappa shape index (κ2) is 6.82. The maximum atomic E-state index is 12.8. The minimum atomic E-state index is -1.90. The fourth-order valence-electron chi connectivity index (χ4n) is 2.88. The van der Waals surface area contributed by atoms with Gasteiger partial charge in [-0.1, -0.05) is 22.0 Å². The van der Waals surface area contributed by atoms with Crippen LogP contribution in [0, 0.1) is 0 Å². The van der Waals surface area contributed by atoms with Gasteiger partial charge in [-0.05, 0) is 42.5 Å². The van der Waals surface area contributed by atoms with Crippen molar-refractivity contribution in [2.45, 2.75) is 12.0 Å². The normalized spacial score (nSPS) is 19.4. The van der Waals surface area contributed by atoms with Crippen molar-refractivity contribution in [1.29, 1.82) is 0 Å². The molecule has 1 amide bonds. The third-order valence-electron chi connectivity index (χ3n) is 4.01. The molecule has 0 radical (unpaired) electrons. The smallest absolute Gasteiger partial charge is 0.264 e. The van der Waals surface area contributed by atoms with E-state index in [4.69, 9.17) is 4.42 Å². The Morgan fingerprint density at radius 2 is 2.20 bits per heavy atom. The monoisotopic (exact) mass is 401 g/mol. The zero-order chi connectivity index (χ0) is 18.0. The Bertz CT molecular complexity index is 856. The van der Waals surface area contributed by atoms with Gasteiger partial charge in [-0.25, -0.2) is 0 Å². The Balaban J connectivity index is 1.91. The van der Waals surface area contributed by atoms with Crippen LogP contribution < -0.4 is 4.90 Å². The number of benzene rings is 1. The predicted octanol–water partition coefficient (Wildman–Crippen LogP) is 3.43. The quantitative estimate of drug-likeness (QED) is 0.594. The van der Waals surface area contributed by atoms with E-state index in [1.807, 2.05) is 0 Å². The van der Waals surface area contributed by atoms with Crippen LogP contribution in [0.15, 0.2) is 64.2 Å². The molecule has 2 heterocycles. The number of anilines is 1. The summed E-state index contributed by atoms with van der Waals surface area (Å²) in [7, 11) is 0. The predicted molar refractivity (Wildman–Crippen MR) is 98.0 cm³/mol. The summed E-state index contributed by atoms with van der Waals surface area (Å²) in [5.41, 5.74) is -0.904. The van der Waals surface area contributed by atoms with Crippen LogP contribution in [-0.4, -0.2) is 23.3 Å². The van der Waals surface area contributed by atoms with Crippen molar-refractivity contribution in [1.82, 2.24) is 0 Å². The Hall–Kier alpha value is -2.44. The van der Waals surface area contributed by atoms with Gasteiger partial charge in [-0.2, -0.15) is 0 Å². The van der Waals surface area contributed by atoms with E-state index in [1.165, 1.54) is 23.3 Å². The topological polar surface area (TPSA) is 70.8 Å². The lowest BCUT2D eigenvalue weighted by atomic mass is 9.90. The summed E-state index contributed by atoms with van der Waals surface area (Å²) in [5, 5.41) is 11.0. The van der Waals surface area contributed by atoms with Crippen molar-refractivity contribution in [3.05, 3.63) is 71.1 Å². The molecule has 1 unspecified atom stereocenters. The van der Waals surface area contributed by atoms with Gasteiger partial charge >= 0.3 is 0 Å². The van der Waals surface area contributed by atoms with Gasteiger partial charge < -0.3 is 14.4 Å². The van der Waals surface area contributed by atoms with E-state index in [0.29, 0.717) is 17.0 Å². The molecule has 25 heavy (non-hydrogen) atoms. The minimum absolute atomic E-state index is 0.256. The number of ketones is 1. The maximum Gasteiger partial charge on any atom is 0.264 e. The highest BCUT2D eigenvalue weighted by molar-refractivity contribution is 9.10. The van der Waals surface area contributed by atoms with E-state index in [-0.39, 0.29) is 18.7 Å². The van der Waals surface area contributed by atoms with Crippen LogP contribution in [0.3, 0.4) is 0 Å². The Morgan fingerprint density at radius 1 is 1.40 bits per heavy atom. The number of aliphatic hydroxyl groups is 1. The molecule has 2 aromatic rings. The number of carbonyl (C=O) groups is 2. The average Bonchev–Trinajstić information content (AvgIpc) is 3.16. The minimum Gasteiger partial charge on any atom is -0.465 e. The van der Waals surface area contributed by atoms with Crippen molar-refractivity contribution in [3.8, 4) is 0 Å². The molecule has 3 rings (SSSR count). The molecule has 5 nitrogen and oxygen atoms in total. The maximum absolute atomic E-state index is 12.8. The first-order valence-corrected chi connectivity index (χ1v) is 8.44. The number of fused-ring (bicyclic) bond motifs is 1. The summed E-state index contributed by atoms with van der Waals surface area (Å²) >= 11 is 3.35. The van der Waals surface area contributed by atoms with Crippen LogP contribution in [0.2, 0.25) is 0 Å². The first kappa shape index (κ1) is 17.4. The van der Waals surface area contributed by atoms with Gasteiger partial charge in [0.1, 0.15) is 5.76 Å². The van der Waals surface area contributed by atoms with Crippen molar-refractivity contribution in [3.63, 3.8) is 0 Å². The van der Waals surface area contributed by atoms with Gasteiger partial charge in [0.05, 0.1) is 18.4 Å². The molecule has 6 heteroatoms. The zero-order valence-electron chi connectivity index (χ0n) is 13.3. The molecule has 1 aliphatic heterocycles. The van der Waals surface area contributed by atoms with Gasteiger partial charge in [-0.15, -0.1) is 6.58 Å². The number of furan rings is 1. The zero-order valence-corrected chi connectivity index (χ0v) is 14.9. The molecule has 128 valence electrons. The van der Waals surface area contributed by atoms with E-state index >= 15 is 0 Å². The highest BCUT2D eigenvalue weighted by atomic mass is 79.9. The van der Waals surface area contributed by atoms with Crippen LogP contribution in [0.5, 0.6) is 0 Å². The van der Waals surface area contributed by atoms with E-state index in [1.54, 1.807) is 36.4 Å². The number of allylic oxidation sites excluding steroid dienone is 1. The first-order valence-electron chi connectivity index (χ1n) is 7.65. The number of halogens is 1. The highest BCUT2D eigenvalue weighted by Crippen LogP contribution is 2.43. The van der Waals surface area contributed by atoms with Crippen LogP contribution >= 0.6 is 15.9 Å². The van der Waals surface area contributed by atoms with Crippen LogP contribution in [0.1, 0.15) is 17.7 Å². The average molecular weight is 402 g/mol. The molecular weight excluding hydrogens is 386 g/mol. The van der Waals surface area contributed by atoms with Crippen LogP contribution in [0.25, 0.3) is 6.08 Å². The number of carbonyl (C=O) groups excluding carboxylic acids is 2. The van der Waals surface area contributed by atoms with Gasteiger partial charge in [-0.3, -0.25) is 9.59 Å². The molecule has 0 aliphatic carbocycles. The summed E-state index contributed by atoms with van der Waals surface area (Å²) in [4.78, 5) is 26.5. The lowest BCUT2D eigenvalue weighted by Gasteiger charge is -2.21. The molecular formula is C19H16BrNO4. The molecule has 0 bridgehead atoms. The van der Waals surface area contributed by atoms with Crippen LogP contribution in [-0.2, 0) is 15.2 Å². The fraction of sp³-hybridized carbons (Fsp3) is 0.158. The summed E-state index contributed by atoms with van der Waals surface area (Å²) in [5.74, 6) is -0.381. The van der Waals surface area contributed by atoms with Crippen molar-refractivity contribution >= 4 is 39.4 Å². The molecule has 1 atom stereocenters. The van der Waals surface area contributed by atoms with Crippen LogP contribution in [0.4, 0.5) is 5.69 Å². The molecule has 1 aliphatic rings. The van der Waals surface area contributed by atoms with Crippen molar-refractivity contribution < 1.29 is 19.1 Å². The number of rotatable bonds is 6. The highest BCUT2D eigenvalue weighted by Gasteiger charge is 2.50. The first-order chi connectivity index (χ1) is 12.0. The Kier molecular flexibility index (Phi) is 4.74. The molecule has 0 spiro atoms. The summed E-state index contributed by atoms with van der Waals surface area (Å²) in [6, 6.07) is 8.60. The summed E-state index contributed by atoms with van der Waals surface area (Å²) in [6.07, 6.45) is 5.54. The summed E-state index contributed by atoms with van der Waals surface area (Å²) < 4.78 is 5.85. The lowest BCUT2D eigenvalue weighted by Crippen LogP contribution is -2.41. The third kappa shape index (κ3) is 3.23. The molecule has 1 aromatic carbocycles. The molecule has 0 fully saturated rings.